The molecule has 1 aromatic carbocycles. The average molecular weight is 329 g/mol. The number of amides is 1. The second kappa shape index (κ2) is 6.99. The minimum absolute atomic E-state index is 0.0347. The lowest BCUT2D eigenvalue weighted by molar-refractivity contribution is 0.0701. The molecule has 0 saturated carbocycles. The first-order valence-corrected chi connectivity index (χ1v) is 8.29. The van der Waals surface area contributed by atoms with Crippen LogP contribution in [-0.4, -0.2) is 31.6 Å². The number of hydrogen-bond acceptors (Lipinski definition) is 4. The van der Waals surface area contributed by atoms with Crippen LogP contribution in [0.1, 0.15) is 47.7 Å². The maximum atomic E-state index is 12.8. The summed E-state index contributed by atoms with van der Waals surface area (Å²) in [6.45, 7) is 2.75. The Hall–Kier alpha value is -2.43. The minimum Gasteiger partial charge on any atom is -0.493 e. The molecule has 128 valence electrons. The van der Waals surface area contributed by atoms with Crippen LogP contribution in [0.25, 0.3) is 0 Å². The van der Waals surface area contributed by atoms with Crippen molar-refractivity contribution in [3.8, 4) is 11.5 Å². The van der Waals surface area contributed by atoms with Gasteiger partial charge in [0, 0.05) is 13.0 Å². The normalized spacial score (nSPS) is 17.1. The zero-order valence-electron chi connectivity index (χ0n) is 14.4. The molecule has 2 aromatic rings. The van der Waals surface area contributed by atoms with Crippen LogP contribution in [0.4, 0.5) is 0 Å². The third kappa shape index (κ3) is 2.98. The third-order valence-corrected chi connectivity index (χ3v) is 4.53. The van der Waals surface area contributed by atoms with E-state index in [0.29, 0.717) is 17.3 Å². The lowest BCUT2D eigenvalue weighted by Gasteiger charge is -2.25. The topological polar surface area (TPSA) is 51.9 Å². The average Bonchev–Trinajstić information content (AvgIpc) is 3.29. The molecule has 1 saturated heterocycles. The lowest BCUT2D eigenvalue weighted by atomic mass is 10.0. The Balaban J connectivity index is 1.86. The Morgan fingerprint density at radius 1 is 1.21 bits per heavy atom. The molecule has 0 radical (unpaired) electrons. The number of ether oxygens (including phenoxy) is 2. The minimum atomic E-state index is -0.0491. The lowest BCUT2D eigenvalue weighted by Crippen LogP contribution is -2.30. The Morgan fingerprint density at radius 2 is 2.00 bits per heavy atom. The standard InChI is InChI=1S/C19H23NO4/c1-4-14-8-10-17(24-14)19(21)20-11-5-6-15(20)13-7-9-16(22-2)18(12-13)23-3/h7-10,12,15H,4-6,11H2,1-3H3. The maximum Gasteiger partial charge on any atom is 0.290 e. The molecule has 1 aromatic heterocycles. The molecule has 24 heavy (non-hydrogen) atoms. The summed E-state index contributed by atoms with van der Waals surface area (Å²) >= 11 is 0. The molecule has 1 aliphatic rings. The van der Waals surface area contributed by atoms with E-state index < -0.39 is 0 Å². The molecule has 2 heterocycles. The highest BCUT2D eigenvalue weighted by molar-refractivity contribution is 5.92. The molecule has 0 bridgehead atoms. The van der Waals surface area contributed by atoms with Gasteiger partial charge in [0.05, 0.1) is 20.3 Å². The summed E-state index contributed by atoms with van der Waals surface area (Å²) in [4.78, 5) is 14.7. The summed E-state index contributed by atoms with van der Waals surface area (Å²) in [7, 11) is 3.24. The molecule has 0 spiro atoms. The van der Waals surface area contributed by atoms with E-state index in [4.69, 9.17) is 13.9 Å². The molecule has 5 heteroatoms. The van der Waals surface area contributed by atoms with Crippen molar-refractivity contribution in [2.75, 3.05) is 20.8 Å². The largest absolute Gasteiger partial charge is 0.493 e. The van der Waals surface area contributed by atoms with E-state index in [-0.39, 0.29) is 11.9 Å². The number of hydrogen-bond donors (Lipinski definition) is 0. The molecule has 1 fully saturated rings. The van der Waals surface area contributed by atoms with E-state index in [1.165, 1.54) is 0 Å². The van der Waals surface area contributed by atoms with Gasteiger partial charge in [-0.2, -0.15) is 0 Å². The van der Waals surface area contributed by atoms with E-state index >= 15 is 0 Å². The van der Waals surface area contributed by atoms with E-state index in [2.05, 4.69) is 0 Å². The Bertz CT molecular complexity index is 722. The van der Waals surface area contributed by atoms with Crippen molar-refractivity contribution in [1.82, 2.24) is 4.90 Å². The van der Waals surface area contributed by atoms with Gasteiger partial charge in [-0.3, -0.25) is 4.79 Å². The van der Waals surface area contributed by atoms with Gasteiger partial charge < -0.3 is 18.8 Å². The molecular formula is C19H23NO4. The monoisotopic (exact) mass is 329 g/mol. The summed E-state index contributed by atoms with van der Waals surface area (Å²) in [6.07, 6.45) is 2.70. The van der Waals surface area contributed by atoms with Crippen molar-refractivity contribution < 1.29 is 18.7 Å². The van der Waals surface area contributed by atoms with Crippen molar-refractivity contribution in [3.05, 3.63) is 47.4 Å². The third-order valence-electron chi connectivity index (χ3n) is 4.53. The number of methoxy groups -OCH3 is 2. The molecule has 1 atom stereocenters. The summed E-state index contributed by atoms with van der Waals surface area (Å²) in [5.74, 6) is 2.57. The Morgan fingerprint density at radius 3 is 2.67 bits per heavy atom. The van der Waals surface area contributed by atoms with Crippen LogP contribution in [0, 0.1) is 0 Å². The molecule has 0 aliphatic carbocycles. The zero-order valence-corrected chi connectivity index (χ0v) is 14.4. The van der Waals surface area contributed by atoms with Crippen LogP contribution in [0.15, 0.2) is 34.7 Å². The molecule has 0 N–H and O–H groups in total. The van der Waals surface area contributed by atoms with Crippen molar-refractivity contribution in [2.45, 2.75) is 32.2 Å². The van der Waals surface area contributed by atoms with Gasteiger partial charge in [0.2, 0.25) is 0 Å². The van der Waals surface area contributed by atoms with E-state index in [9.17, 15) is 4.79 Å². The zero-order chi connectivity index (χ0) is 17.1. The van der Waals surface area contributed by atoms with Crippen LogP contribution < -0.4 is 9.47 Å². The molecule has 1 aliphatic heterocycles. The smallest absolute Gasteiger partial charge is 0.290 e. The van der Waals surface area contributed by atoms with Crippen molar-refractivity contribution in [1.29, 1.82) is 0 Å². The van der Waals surface area contributed by atoms with Gasteiger partial charge in [-0.05, 0) is 42.7 Å². The Labute approximate surface area is 142 Å². The van der Waals surface area contributed by atoms with Crippen LogP contribution in [0.3, 0.4) is 0 Å². The van der Waals surface area contributed by atoms with Crippen LogP contribution in [-0.2, 0) is 6.42 Å². The van der Waals surface area contributed by atoms with Crippen molar-refractivity contribution >= 4 is 5.91 Å². The number of benzene rings is 1. The molecule has 3 rings (SSSR count). The van der Waals surface area contributed by atoms with E-state index in [1.807, 2.05) is 36.1 Å². The SMILES string of the molecule is CCc1ccc(C(=O)N2CCCC2c2ccc(OC)c(OC)c2)o1. The highest BCUT2D eigenvalue weighted by atomic mass is 16.5. The fraction of sp³-hybridized carbons (Fsp3) is 0.421. The first-order valence-electron chi connectivity index (χ1n) is 8.29. The molecule has 5 nitrogen and oxygen atoms in total. The fourth-order valence-electron chi connectivity index (χ4n) is 3.24. The van der Waals surface area contributed by atoms with Crippen LogP contribution >= 0.6 is 0 Å². The predicted octanol–water partition coefficient (Wildman–Crippen LogP) is 3.84. The van der Waals surface area contributed by atoms with Gasteiger partial charge >= 0.3 is 0 Å². The van der Waals surface area contributed by atoms with Gasteiger partial charge in [0.1, 0.15) is 5.76 Å². The Kier molecular flexibility index (Phi) is 4.79. The van der Waals surface area contributed by atoms with Crippen LogP contribution in [0.5, 0.6) is 11.5 Å². The number of carbonyl (C=O) groups excluding carboxylic acids is 1. The van der Waals surface area contributed by atoms with Gasteiger partial charge in [0.25, 0.3) is 5.91 Å². The van der Waals surface area contributed by atoms with Crippen LogP contribution in [0.2, 0.25) is 0 Å². The first-order chi connectivity index (χ1) is 11.7. The van der Waals surface area contributed by atoms with Gasteiger partial charge in [0.15, 0.2) is 17.3 Å². The van der Waals surface area contributed by atoms with Gasteiger partial charge in [-0.25, -0.2) is 0 Å². The molecule has 1 amide bonds. The van der Waals surface area contributed by atoms with E-state index in [0.717, 1.165) is 37.1 Å². The van der Waals surface area contributed by atoms with Gasteiger partial charge in [-0.15, -0.1) is 0 Å². The predicted molar refractivity (Wildman–Crippen MR) is 90.6 cm³/mol. The fourth-order valence-corrected chi connectivity index (χ4v) is 3.24. The summed E-state index contributed by atoms with van der Waals surface area (Å²) in [5, 5.41) is 0. The summed E-state index contributed by atoms with van der Waals surface area (Å²) in [5.41, 5.74) is 1.06. The number of carbonyl (C=O) groups is 1. The first kappa shape index (κ1) is 16.4. The summed E-state index contributed by atoms with van der Waals surface area (Å²) in [6, 6.07) is 9.51. The second-order valence-electron chi connectivity index (χ2n) is 5.89. The second-order valence-corrected chi connectivity index (χ2v) is 5.89. The summed E-state index contributed by atoms with van der Waals surface area (Å²) < 4.78 is 16.3. The van der Waals surface area contributed by atoms with Crippen molar-refractivity contribution in [2.24, 2.45) is 0 Å². The number of furan rings is 1. The van der Waals surface area contributed by atoms with Crippen molar-refractivity contribution in [3.63, 3.8) is 0 Å². The number of nitrogens with zero attached hydrogens (tertiary/aromatic N) is 1. The number of rotatable bonds is 5. The maximum absolute atomic E-state index is 12.8. The highest BCUT2D eigenvalue weighted by Crippen LogP contribution is 2.37. The quantitative estimate of drug-likeness (QED) is 0.836. The number of likely N-dealkylation sites (tertiary alicyclic amines) is 1. The van der Waals surface area contributed by atoms with Gasteiger partial charge in [-0.1, -0.05) is 13.0 Å². The highest BCUT2D eigenvalue weighted by Gasteiger charge is 2.32. The number of aryl methyl sites for hydroxylation is 1. The molecular weight excluding hydrogens is 306 g/mol. The van der Waals surface area contributed by atoms with E-state index in [1.54, 1.807) is 20.3 Å². The molecule has 1 unspecified atom stereocenters.